The van der Waals surface area contributed by atoms with Gasteiger partial charge in [0.25, 0.3) is 0 Å². The van der Waals surface area contributed by atoms with Gasteiger partial charge in [0.2, 0.25) is 0 Å². The highest BCUT2D eigenvalue weighted by molar-refractivity contribution is 6.32. The minimum Gasteiger partial charge on any atom is -0.307 e. The van der Waals surface area contributed by atoms with Crippen molar-refractivity contribution >= 4 is 86.7 Å². The van der Waals surface area contributed by atoms with Crippen molar-refractivity contribution in [3.05, 3.63) is 176 Å². The molecule has 3 aromatic heterocycles. The zero-order chi connectivity index (χ0) is 33.9. The Morgan fingerprint density at radius 3 is 1.73 bits per heavy atom. The predicted molar refractivity (Wildman–Crippen MR) is 220 cm³/mol. The Kier molecular flexibility index (Phi) is 5.50. The third kappa shape index (κ3) is 3.66. The van der Waals surface area contributed by atoms with Gasteiger partial charge in [0.1, 0.15) is 5.82 Å². The molecule has 0 atom stereocenters. The van der Waals surface area contributed by atoms with Crippen LogP contribution in [0.2, 0.25) is 0 Å². The second-order valence-corrected chi connectivity index (χ2v) is 13.9. The van der Waals surface area contributed by atoms with Gasteiger partial charge >= 0.3 is 0 Å². The van der Waals surface area contributed by atoms with Gasteiger partial charge in [-0.2, -0.15) is 0 Å². The molecule has 0 saturated heterocycles. The topological polar surface area (TPSA) is 22.8 Å². The van der Waals surface area contributed by atoms with E-state index in [1.54, 1.807) is 0 Å². The molecule has 0 saturated carbocycles. The van der Waals surface area contributed by atoms with E-state index in [-0.39, 0.29) is 0 Å². The molecule has 0 amide bonds. The molecule has 0 bridgehead atoms. The van der Waals surface area contributed by atoms with Crippen LogP contribution < -0.4 is 0 Å². The predicted octanol–water partition coefficient (Wildman–Crippen LogP) is 13.0. The lowest BCUT2D eigenvalue weighted by Gasteiger charge is -2.13. The van der Waals surface area contributed by atoms with E-state index in [0.717, 1.165) is 22.6 Å². The van der Waals surface area contributed by atoms with Crippen molar-refractivity contribution in [1.29, 1.82) is 0 Å². The molecule has 0 N–H and O–H groups in total. The highest BCUT2D eigenvalue weighted by atomic mass is 15.1. The smallest absolute Gasteiger partial charge is 0.137 e. The van der Waals surface area contributed by atoms with Gasteiger partial charge in [0.15, 0.2) is 0 Å². The lowest BCUT2D eigenvalue weighted by atomic mass is 9.92. The first-order valence-electron chi connectivity index (χ1n) is 17.9. The molecule has 52 heavy (non-hydrogen) atoms. The number of hydrogen-bond donors (Lipinski definition) is 0. The van der Waals surface area contributed by atoms with Crippen LogP contribution in [0, 0.1) is 0 Å². The molecule has 0 radical (unpaired) electrons. The van der Waals surface area contributed by atoms with Crippen LogP contribution in [0.25, 0.3) is 109 Å². The average molecular weight is 660 g/mol. The Bertz CT molecular complexity index is 3350. The molecule has 9 aromatic carbocycles. The normalized spacial score (nSPS) is 12.2. The van der Waals surface area contributed by atoms with Crippen LogP contribution in [0.1, 0.15) is 0 Å². The molecule has 3 heterocycles. The quantitative estimate of drug-likeness (QED) is 0.173. The van der Waals surface area contributed by atoms with Crippen molar-refractivity contribution in [2.45, 2.75) is 0 Å². The van der Waals surface area contributed by atoms with E-state index < -0.39 is 0 Å². The third-order valence-electron chi connectivity index (χ3n) is 11.3. The summed E-state index contributed by atoms with van der Waals surface area (Å²) in [7, 11) is 0. The van der Waals surface area contributed by atoms with E-state index in [1.165, 1.54) is 86.7 Å². The van der Waals surface area contributed by atoms with Gasteiger partial charge in [0.05, 0.1) is 22.1 Å². The first-order chi connectivity index (χ1) is 25.8. The summed E-state index contributed by atoms with van der Waals surface area (Å²) >= 11 is 0. The molecule has 0 aliphatic carbocycles. The van der Waals surface area contributed by atoms with Gasteiger partial charge in [-0.15, -0.1) is 0 Å². The Hall–Kier alpha value is -6.97. The number of rotatable bonds is 3. The number of nitrogens with zero attached hydrogens (tertiary/aromatic N) is 3. The van der Waals surface area contributed by atoms with E-state index in [2.05, 4.69) is 179 Å². The van der Waals surface area contributed by atoms with Crippen LogP contribution >= 0.6 is 0 Å². The summed E-state index contributed by atoms with van der Waals surface area (Å²) < 4.78 is 4.84. The van der Waals surface area contributed by atoms with Crippen LogP contribution in [0.3, 0.4) is 0 Å². The standard InChI is InChI=1S/C49H29N3/c1-2-12-34(13-3-1)51-43-19-9-8-18-40(43)42-28-32-22-21-30-11-10-20-44-46(30)47(32)49(48(42)51)52(44)45-26-24-33(29-50-45)31-23-25-39-37-16-5-4-14-35(37)36-15-6-7-17-38(36)41(39)27-31/h1-29H. The Labute approximate surface area is 298 Å². The largest absolute Gasteiger partial charge is 0.307 e. The van der Waals surface area contributed by atoms with Crippen LogP contribution in [0.5, 0.6) is 0 Å². The van der Waals surface area contributed by atoms with Gasteiger partial charge in [-0.3, -0.25) is 4.57 Å². The van der Waals surface area contributed by atoms with Gasteiger partial charge in [-0.1, -0.05) is 121 Å². The van der Waals surface area contributed by atoms with Crippen molar-refractivity contribution in [1.82, 2.24) is 14.1 Å². The summed E-state index contributed by atoms with van der Waals surface area (Å²) in [5.74, 6) is 0.906. The average Bonchev–Trinajstić information content (AvgIpc) is 3.74. The highest BCUT2D eigenvalue weighted by Crippen LogP contribution is 2.46. The van der Waals surface area contributed by atoms with Gasteiger partial charge in [-0.05, 0) is 97.2 Å². The number of fused-ring (bicyclic) bond motifs is 10. The Morgan fingerprint density at radius 1 is 0.346 bits per heavy atom. The lowest BCUT2D eigenvalue weighted by Crippen LogP contribution is -2.00. The van der Waals surface area contributed by atoms with Crippen LogP contribution in [-0.2, 0) is 0 Å². The van der Waals surface area contributed by atoms with E-state index in [4.69, 9.17) is 4.98 Å². The second kappa shape index (κ2) is 10.3. The number of aromatic nitrogens is 3. The van der Waals surface area contributed by atoms with Crippen molar-refractivity contribution < 1.29 is 0 Å². The van der Waals surface area contributed by atoms with E-state index in [9.17, 15) is 0 Å². The first kappa shape index (κ1) is 27.8. The Balaban J connectivity index is 1.13. The van der Waals surface area contributed by atoms with Crippen LogP contribution in [0.15, 0.2) is 176 Å². The van der Waals surface area contributed by atoms with Crippen molar-refractivity contribution in [2.75, 3.05) is 0 Å². The van der Waals surface area contributed by atoms with Crippen molar-refractivity contribution in [2.24, 2.45) is 0 Å². The van der Waals surface area contributed by atoms with Crippen molar-refractivity contribution in [3.63, 3.8) is 0 Å². The molecule has 240 valence electrons. The summed E-state index contributed by atoms with van der Waals surface area (Å²) in [6.07, 6.45) is 2.05. The fraction of sp³-hybridized carbons (Fsp3) is 0. The summed E-state index contributed by atoms with van der Waals surface area (Å²) in [5, 5.41) is 15.2. The fourth-order valence-electron chi connectivity index (χ4n) is 9.05. The molecule has 0 spiro atoms. The summed E-state index contributed by atoms with van der Waals surface area (Å²) in [6, 6.07) is 61.9. The molecule has 3 heteroatoms. The van der Waals surface area contributed by atoms with Crippen LogP contribution in [-0.4, -0.2) is 14.1 Å². The SMILES string of the molecule is c1ccc(-n2c3ccccc3c3cc4ccc5cccc6c5c4c(c32)n6-c2ccc(-c3ccc4c5ccccc5c5ccccc5c4c3)cn2)cc1. The zero-order valence-electron chi connectivity index (χ0n) is 28.1. The maximum atomic E-state index is 5.27. The first-order valence-corrected chi connectivity index (χ1v) is 17.9. The molecule has 3 nitrogen and oxygen atoms in total. The van der Waals surface area contributed by atoms with E-state index in [0.29, 0.717) is 0 Å². The van der Waals surface area contributed by atoms with Gasteiger partial charge in [0, 0.05) is 39.0 Å². The van der Waals surface area contributed by atoms with Gasteiger partial charge in [-0.25, -0.2) is 4.98 Å². The van der Waals surface area contributed by atoms with E-state index >= 15 is 0 Å². The monoisotopic (exact) mass is 659 g/mol. The lowest BCUT2D eigenvalue weighted by molar-refractivity contribution is 1.08. The molecule has 12 aromatic rings. The van der Waals surface area contributed by atoms with Crippen molar-refractivity contribution in [3.8, 4) is 22.6 Å². The van der Waals surface area contributed by atoms with Gasteiger partial charge < -0.3 is 4.57 Å². The molecular weight excluding hydrogens is 631 g/mol. The molecule has 0 aliphatic rings. The molecule has 12 rings (SSSR count). The maximum absolute atomic E-state index is 5.27. The summed E-state index contributed by atoms with van der Waals surface area (Å²) in [5.41, 5.74) is 8.15. The fourth-order valence-corrected chi connectivity index (χ4v) is 9.05. The summed E-state index contributed by atoms with van der Waals surface area (Å²) in [4.78, 5) is 5.27. The number of hydrogen-bond acceptors (Lipinski definition) is 1. The third-order valence-corrected chi connectivity index (χ3v) is 11.3. The molecular formula is C49H29N3. The number of benzene rings is 9. The summed E-state index contributed by atoms with van der Waals surface area (Å²) in [6.45, 7) is 0. The minimum absolute atomic E-state index is 0.906. The van der Waals surface area contributed by atoms with E-state index in [1.807, 2.05) is 6.20 Å². The minimum atomic E-state index is 0.906. The number of pyridine rings is 1. The second-order valence-electron chi connectivity index (χ2n) is 13.9. The molecule has 0 fully saturated rings. The van der Waals surface area contributed by atoms with Crippen LogP contribution in [0.4, 0.5) is 0 Å². The Morgan fingerprint density at radius 2 is 0.981 bits per heavy atom. The maximum Gasteiger partial charge on any atom is 0.137 e. The number of para-hydroxylation sites is 2. The highest BCUT2D eigenvalue weighted by Gasteiger charge is 2.24. The molecule has 0 unspecified atom stereocenters. The molecule has 0 aliphatic heterocycles. The zero-order valence-corrected chi connectivity index (χ0v) is 28.1.